The van der Waals surface area contributed by atoms with Crippen molar-refractivity contribution >= 4 is 11.9 Å². The highest BCUT2D eigenvalue weighted by molar-refractivity contribution is 5.88. The highest BCUT2D eigenvalue weighted by Gasteiger charge is 2.09. The molecule has 0 fully saturated rings. The molecule has 0 N–H and O–H groups in total. The predicted octanol–water partition coefficient (Wildman–Crippen LogP) is 0.461. The quantitative estimate of drug-likeness (QED) is 0.475. The van der Waals surface area contributed by atoms with Crippen LogP contribution in [0.3, 0.4) is 0 Å². The molecular formula is C10H14O5. The second kappa shape index (κ2) is 6.78. The molecule has 0 aromatic heterocycles. The molecule has 0 bridgehead atoms. The molecule has 0 aromatic rings. The molecule has 0 rings (SSSR count). The Balaban J connectivity index is 3.80. The number of rotatable bonds is 6. The van der Waals surface area contributed by atoms with Crippen LogP contribution in [0, 0.1) is 0 Å². The first-order chi connectivity index (χ1) is 7.02. The van der Waals surface area contributed by atoms with E-state index in [1.165, 1.54) is 14.2 Å². The minimum Gasteiger partial charge on any atom is -0.466 e. The van der Waals surface area contributed by atoms with E-state index in [4.69, 9.17) is 4.74 Å². The highest BCUT2D eigenvalue weighted by Crippen LogP contribution is 1.99. The lowest BCUT2D eigenvalue weighted by Crippen LogP contribution is -2.14. The molecule has 0 atom stereocenters. The Labute approximate surface area is 88.3 Å². The van der Waals surface area contributed by atoms with Crippen LogP contribution in [0.1, 0.15) is 0 Å². The zero-order valence-corrected chi connectivity index (χ0v) is 8.87. The van der Waals surface area contributed by atoms with Crippen LogP contribution in [0.2, 0.25) is 0 Å². The highest BCUT2D eigenvalue weighted by atomic mass is 16.5. The maximum absolute atomic E-state index is 10.9. The average molecular weight is 214 g/mol. The van der Waals surface area contributed by atoms with Gasteiger partial charge in [-0.1, -0.05) is 13.2 Å². The number of ether oxygens (including phenoxy) is 3. The molecule has 0 unspecified atom stereocenters. The SMILES string of the molecule is C=C(COCC(=C)C(=O)OC)C(=O)OC. The van der Waals surface area contributed by atoms with E-state index in [1.807, 2.05) is 0 Å². The van der Waals surface area contributed by atoms with E-state index in [0.717, 1.165) is 0 Å². The summed E-state index contributed by atoms with van der Waals surface area (Å²) in [4.78, 5) is 21.7. The van der Waals surface area contributed by atoms with Gasteiger partial charge < -0.3 is 14.2 Å². The van der Waals surface area contributed by atoms with Crippen molar-refractivity contribution in [2.45, 2.75) is 0 Å². The van der Waals surface area contributed by atoms with Crippen molar-refractivity contribution in [3.63, 3.8) is 0 Å². The van der Waals surface area contributed by atoms with Crippen molar-refractivity contribution in [3.05, 3.63) is 24.3 Å². The van der Waals surface area contributed by atoms with Crippen LogP contribution < -0.4 is 0 Å². The fraction of sp³-hybridized carbons (Fsp3) is 0.400. The Morgan fingerprint density at radius 1 is 0.933 bits per heavy atom. The number of esters is 2. The number of hydrogen-bond acceptors (Lipinski definition) is 5. The summed E-state index contributed by atoms with van der Waals surface area (Å²) in [5, 5.41) is 0. The van der Waals surface area contributed by atoms with E-state index >= 15 is 0 Å². The van der Waals surface area contributed by atoms with Crippen LogP contribution in [0.4, 0.5) is 0 Å². The number of carbonyl (C=O) groups is 2. The van der Waals surface area contributed by atoms with Crippen molar-refractivity contribution in [2.75, 3.05) is 27.4 Å². The van der Waals surface area contributed by atoms with Crippen molar-refractivity contribution in [1.29, 1.82) is 0 Å². The predicted molar refractivity (Wildman–Crippen MR) is 53.1 cm³/mol. The van der Waals surface area contributed by atoms with Gasteiger partial charge in [-0.25, -0.2) is 9.59 Å². The zero-order valence-electron chi connectivity index (χ0n) is 8.87. The molecule has 0 radical (unpaired) electrons. The molecular weight excluding hydrogens is 200 g/mol. The van der Waals surface area contributed by atoms with Crippen LogP contribution in [-0.4, -0.2) is 39.4 Å². The van der Waals surface area contributed by atoms with Gasteiger partial charge in [0.25, 0.3) is 0 Å². The third kappa shape index (κ3) is 4.97. The van der Waals surface area contributed by atoms with Crippen LogP contribution in [0.5, 0.6) is 0 Å². The van der Waals surface area contributed by atoms with E-state index < -0.39 is 11.9 Å². The zero-order chi connectivity index (χ0) is 11.8. The number of methoxy groups -OCH3 is 2. The molecule has 0 aliphatic carbocycles. The van der Waals surface area contributed by atoms with Crippen LogP contribution in [0.25, 0.3) is 0 Å². The fourth-order valence-corrected chi connectivity index (χ4v) is 0.704. The first-order valence-corrected chi connectivity index (χ1v) is 4.12. The summed E-state index contributed by atoms with van der Waals surface area (Å²) in [5.74, 6) is -1.09. The van der Waals surface area contributed by atoms with Gasteiger partial charge in [-0.3, -0.25) is 0 Å². The topological polar surface area (TPSA) is 61.8 Å². The van der Waals surface area contributed by atoms with Gasteiger partial charge in [0.05, 0.1) is 38.6 Å². The molecule has 0 aliphatic heterocycles. The lowest BCUT2D eigenvalue weighted by atomic mass is 10.3. The van der Waals surface area contributed by atoms with Crippen LogP contribution in [0.15, 0.2) is 24.3 Å². The van der Waals surface area contributed by atoms with E-state index in [9.17, 15) is 9.59 Å². The Kier molecular flexibility index (Phi) is 6.05. The van der Waals surface area contributed by atoms with E-state index in [1.54, 1.807) is 0 Å². The largest absolute Gasteiger partial charge is 0.466 e. The molecule has 84 valence electrons. The van der Waals surface area contributed by atoms with E-state index in [0.29, 0.717) is 0 Å². The average Bonchev–Trinajstić information content (AvgIpc) is 2.26. The molecule has 0 amide bonds. The monoisotopic (exact) mass is 214 g/mol. The summed E-state index contributed by atoms with van der Waals surface area (Å²) in [6.45, 7) is 6.86. The standard InChI is InChI=1S/C10H14O5/c1-7(9(11)13-3)5-15-6-8(2)10(12)14-4/h1-2,5-6H2,3-4H3. The summed E-state index contributed by atoms with van der Waals surface area (Å²) >= 11 is 0. The molecule has 0 aromatic carbocycles. The maximum Gasteiger partial charge on any atom is 0.335 e. The van der Waals surface area contributed by atoms with Crippen molar-refractivity contribution in [2.24, 2.45) is 0 Å². The second-order valence-electron chi connectivity index (χ2n) is 2.68. The second-order valence-corrected chi connectivity index (χ2v) is 2.68. The minimum absolute atomic E-state index is 0.0112. The summed E-state index contributed by atoms with van der Waals surface area (Å²) in [6.07, 6.45) is 0. The van der Waals surface area contributed by atoms with Gasteiger partial charge in [0.15, 0.2) is 0 Å². The molecule has 5 nitrogen and oxygen atoms in total. The number of carbonyl (C=O) groups excluding carboxylic acids is 2. The van der Waals surface area contributed by atoms with Gasteiger partial charge in [-0.2, -0.15) is 0 Å². The van der Waals surface area contributed by atoms with Gasteiger partial charge in [-0.15, -0.1) is 0 Å². The lowest BCUT2D eigenvalue weighted by molar-refractivity contribution is -0.136. The number of hydrogen-bond donors (Lipinski definition) is 0. The maximum atomic E-state index is 10.9. The van der Waals surface area contributed by atoms with Crippen molar-refractivity contribution in [1.82, 2.24) is 0 Å². The van der Waals surface area contributed by atoms with E-state index in [-0.39, 0.29) is 24.4 Å². The third-order valence-electron chi connectivity index (χ3n) is 1.50. The third-order valence-corrected chi connectivity index (χ3v) is 1.50. The molecule has 0 saturated carbocycles. The lowest BCUT2D eigenvalue weighted by Gasteiger charge is -2.06. The van der Waals surface area contributed by atoms with Gasteiger partial charge in [0.1, 0.15) is 0 Å². The summed E-state index contributed by atoms with van der Waals surface area (Å²) in [5.41, 5.74) is 0.352. The molecule has 0 saturated heterocycles. The first kappa shape index (κ1) is 13.4. The molecule has 0 heterocycles. The first-order valence-electron chi connectivity index (χ1n) is 4.12. The van der Waals surface area contributed by atoms with Crippen LogP contribution in [-0.2, 0) is 23.8 Å². The molecule has 5 heteroatoms. The van der Waals surface area contributed by atoms with Gasteiger partial charge >= 0.3 is 11.9 Å². The van der Waals surface area contributed by atoms with Crippen molar-refractivity contribution in [3.8, 4) is 0 Å². The van der Waals surface area contributed by atoms with Gasteiger partial charge in [0, 0.05) is 0 Å². The summed E-state index contributed by atoms with van der Waals surface area (Å²) < 4.78 is 13.8. The van der Waals surface area contributed by atoms with Gasteiger partial charge in [-0.05, 0) is 0 Å². The smallest absolute Gasteiger partial charge is 0.335 e. The Morgan fingerprint density at radius 2 is 1.27 bits per heavy atom. The Morgan fingerprint density at radius 3 is 1.53 bits per heavy atom. The Hall–Kier alpha value is -1.62. The van der Waals surface area contributed by atoms with E-state index in [2.05, 4.69) is 22.6 Å². The molecule has 0 aliphatic rings. The fourth-order valence-electron chi connectivity index (χ4n) is 0.704. The Bertz CT molecular complexity index is 252. The molecule has 0 spiro atoms. The molecule has 15 heavy (non-hydrogen) atoms. The van der Waals surface area contributed by atoms with Crippen LogP contribution >= 0.6 is 0 Å². The van der Waals surface area contributed by atoms with Crippen molar-refractivity contribution < 1.29 is 23.8 Å². The summed E-state index contributed by atoms with van der Waals surface area (Å²) in [6, 6.07) is 0. The van der Waals surface area contributed by atoms with Gasteiger partial charge in [0.2, 0.25) is 0 Å². The minimum atomic E-state index is -0.543. The summed E-state index contributed by atoms with van der Waals surface area (Å²) in [7, 11) is 2.50. The normalized spacial score (nSPS) is 9.20.